The molecule has 4 nitrogen and oxygen atoms in total. The molecule has 0 saturated carbocycles. The third-order valence-electron chi connectivity index (χ3n) is 2.22. The van der Waals surface area contributed by atoms with Gasteiger partial charge in [-0.3, -0.25) is 4.79 Å². The van der Waals surface area contributed by atoms with Crippen LogP contribution in [-0.2, 0) is 9.53 Å². The third-order valence-corrected chi connectivity index (χ3v) is 2.22. The first-order chi connectivity index (χ1) is 8.13. The fourth-order valence-corrected chi connectivity index (χ4v) is 1.25. The van der Waals surface area contributed by atoms with E-state index >= 15 is 0 Å². The highest BCUT2D eigenvalue weighted by Gasteiger charge is 2.03. The number of carbonyl (C=O) groups excluding carboxylic acids is 1. The number of ether oxygens (including phenoxy) is 1. The van der Waals surface area contributed by atoms with Crippen molar-refractivity contribution in [2.24, 2.45) is 0 Å². The first kappa shape index (κ1) is 13.6. The molecule has 5 heteroatoms. The maximum Gasteiger partial charge on any atom is 0.238 e. The van der Waals surface area contributed by atoms with Crippen molar-refractivity contribution in [2.75, 3.05) is 32.1 Å². The number of halogens is 1. The average Bonchev–Trinajstić information content (AvgIpc) is 2.30. The molecule has 0 aliphatic heterocycles. The molecule has 17 heavy (non-hydrogen) atoms. The van der Waals surface area contributed by atoms with Crippen molar-refractivity contribution < 1.29 is 13.9 Å². The third kappa shape index (κ3) is 4.93. The summed E-state index contributed by atoms with van der Waals surface area (Å²) in [6, 6.07) is 4.61. The zero-order chi connectivity index (χ0) is 12.7. The van der Waals surface area contributed by atoms with Gasteiger partial charge >= 0.3 is 0 Å². The van der Waals surface area contributed by atoms with Gasteiger partial charge in [-0.05, 0) is 24.6 Å². The van der Waals surface area contributed by atoms with Crippen LogP contribution in [0.4, 0.5) is 10.1 Å². The Bertz CT molecular complexity index is 383. The lowest BCUT2D eigenvalue weighted by Gasteiger charge is -2.07. The quantitative estimate of drug-likeness (QED) is 0.737. The summed E-state index contributed by atoms with van der Waals surface area (Å²) in [5.41, 5.74) is 1.02. The van der Waals surface area contributed by atoms with Crippen LogP contribution in [0.3, 0.4) is 0 Å². The van der Waals surface area contributed by atoms with Crippen LogP contribution in [-0.4, -0.2) is 32.7 Å². The Labute approximate surface area is 100 Å². The highest BCUT2D eigenvalue weighted by atomic mass is 19.1. The number of carbonyl (C=O) groups is 1. The lowest BCUT2D eigenvalue weighted by Crippen LogP contribution is -2.30. The molecule has 2 N–H and O–H groups in total. The Kier molecular flexibility index (Phi) is 5.59. The van der Waals surface area contributed by atoms with Gasteiger partial charge in [0.25, 0.3) is 0 Å². The van der Waals surface area contributed by atoms with Gasteiger partial charge in [0.15, 0.2) is 0 Å². The Balaban J connectivity index is 2.37. The van der Waals surface area contributed by atoms with Crippen LogP contribution in [0.15, 0.2) is 18.2 Å². The minimum absolute atomic E-state index is 0.179. The van der Waals surface area contributed by atoms with E-state index in [-0.39, 0.29) is 18.3 Å². The molecule has 0 heterocycles. The van der Waals surface area contributed by atoms with Gasteiger partial charge in [0.05, 0.1) is 13.2 Å². The van der Waals surface area contributed by atoms with Crippen molar-refractivity contribution in [2.45, 2.75) is 6.92 Å². The lowest BCUT2D eigenvalue weighted by molar-refractivity contribution is -0.115. The fourth-order valence-electron chi connectivity index (χ4n) is 1.25. The molecule has 0 aromatic heterocycles. The topological polar surface area (TPSA) is 50.4 Å². The van der Waals surface area contributed by atoms with Gasteiger partial charge in [0, 0.05) is 19.3 Å². The molecule has 0 spiro atoms. The van der Waals surface area contributed by atoms with Crippen LogP contribution in [0, 0.1) is 12.7 Å². The van der Waals surface area contributed by atoms with Crippen molar-refractivity contribution in [3.63, 3.8) is 0 Å². The second-order valence-electron chi connectivity index (χ2n) is 3.68. The monoisotopic (exact) mass is 240 g/mol. The standard InChI is InChI=1S/C12H17FN2O2/c1-9-3-4-10(7-11(9)13)15-12(16)8-14-5-6-17-2/h3-4,7,14H,5-6,8H2,1-2H3,(H,15,16). The summed E-state index contributed by atoms with van der Waals surface area (Å²) < 4.78 is 18.0. The summed E-state index contributed by atoms with van der Waals surface area (Å²) >= 11 is 0. The maximum absolute atomic E-state index is 13.2. The second kappa shape index (κ2) is 6.98. The number of hydrogen-bond donors (Lipinski definition) is 2. The van der Waals surface area contributed by atoms with E-state index in [1.54, 1.807) is 26.2 Å². The van der Waals surface area contributed by atoms with Gasteiger partial charge in [-0.1, -0.05) is 6.07 Å². The highest BCUT2D eigenvalue weighted by molar-refractivity contribution is 5.92. The van der Waals surface area contributed by atoms with Crippen LogP contribution in [0.25, 0.3) is 0 Å². The molecule has 0 unspecified atom stereocenters. The summed E-state index contributed by atoms with van der Waals surface area (Å²) in [5.74, 6) is -0.528. The first-order valence-electron chi connectivity index (χ1n) is 5.39. The molecular formula is C12H17FN2O2. The first-order valence-corrected chi connectivity index (χ1v) is 5.39. The van der Waals surface area contributed by atoms with Crippen molar-refractivity contribution in [3.8, 4) is 0 Å². The predicted octanol–water partition coefficient (Wildman–Crippen LogP) is 1.31. The number of rotatable bonds is 6. The van der Waals surface area contributed by atoms with E-state index in [0.717, 1.165) is 0 Å². The van der Waals surface area contributed by atoms with Gasteiger partial charge in [-0.15, -0.1) is 0 Å². The fraction of sp³-hybridized carbons (Fsp3) is 0.417. The number of methoxy groups -OCH3 is 1. The molecule has 1 amide bonds. The molecule has 0 aliphatic rings. The van der Waals surface area contributed by atoms with Gasteiger partial charge in [-0.2, -0.15) is 0 Å². The summed E-state index contributed by atoms with van der Waals surface area (Å²) in [5, 5.41) is 5.51. The number of anilines is 1. The van der Waals surface area contributed by atoms with Crippen molar-refractivity contribution >= 4 is 11.6 Å². The SMILES string of the molecule is COCCNCC(=O)Nc1ccc(C)c(F)c1. The van der Waals surface area contributed by atoms with E-state index in [2.05, 4.69) is 10.6 Å². The van der Waals surface area contributed by atoms with Crippen LogP contribution in [0.2, 0.25) is 0 Å². The molecule has 0 fully saturated rings. The van der Waals surface area contributed by atoms with E-state index < -0.39 is 0 Å². The van der Waals surface area contributed by atoms with Crippen LogP contribution in [0.5, 0.6) is 0 Å². The Morgan fingerprint density at radius 1 is 1.47 bits per heavy atom. The van der Waals surface area contributed by atoms with Crippen LogP contribution in [0.1, 0.15) is 5.56 Å². The number of aryl methyl sites for hydroxylation is 1. The molecule has 1 rings (SSSR count). The molecule has 1 aromatic rings. The van der Waals surface area contributed by atoms with Crippen LogP contribution >= 0.6 is 0 Å². The molecular weight excluding hydrogens is 223 g/mol. The highest BCUT2D eigenvalue weighted by Crippen LogP contribution is 2.13. The van der Waals surface area contributed by atoms with Gasteiger partial charge in [0.2, 0.25) is 5.91 Å². The second-order valence-corrected chi connectivity index (χ2v) is 3.68. The minimum Gasteiger partial charge on any atom is -0.383 e. The zero-order valence-electron chi connectivity index (χ0n) is 10.0. The number of nitrogens with one attached hydrogen (secondary N) is 2. The molecule has 0 bridgehead atoms. The van der Waals surface area contributed by atoms with Crippen molar-refractivity contribution in [1.82, 2.24) is 5.32 Å². The molecule has 0 saturated heterocycles. The van der Waals surface area contributed by atoms with E-state index in [9.17, 15) is 9.18 Å². The minimum atomic E-state index is -0.324. The summed E-state index contributed by atoms with van der Waals surface area (Å²) in [6.45, 7) is 3.00. The van der Waals surface area contributed by atoms with Gasteiger partial charge < -0.3 is 15.4 Å². The number of hydrogen-bond acceptors (Lipinski definition) is 3. The zero-order valence-corrected chi connectivity index (χ0v) is 10.0. The molecule has 0 atom stereocenters. The lowest BCUT2D eigenvalue weighted by atomic mass is 10.2. The normalized spacial score (nSPS) is 10.3. The smallest absolute Gasteiger partial charge is 0.238 e. The van der Waals surface area contributed by atoms with Crippen molar-refractivity contribution in [3.05, 3.63) is 29.6 Å². The summed E-state index contributed by atoms with van der Waals surface area (Å²) in [4.78, 5) is 11.4. The molecule has 0 radical (unpaired) electrons. The Hall–Kier alpha value is -1.46. The van der Waals surface area contributed by atoms with E-state index in [4.69, 9.17) is 4.74 Å². The predicted molar refractivity (Wildman–Crippen MR) is 64.5 cm³/mol. The van der Waals surface area contributed by atoms with E-state index in [1.807, 2.05) is 0 Å². The molecule has 94 valence electrons. The number of benzene rings is 1. The summed E-state index contributed by atoms with van der Waals surface area (Å²) in [6.07, 6.45) is 0. The average molecular weight is 240 g/mol. The Morgan fingerprint density at radius 2 is 2.24 bits per heavy atom. The van der Waals surface area contributed by atoms with E-state index in [1.165, 1.54) is 6.07 Å². The van der Waals surface area contributed by atoms with Crippen molar-refractivity contribution in [1.29, 1.82) is 0 Å². The van der Waals surface area contributed by atoms with Gasteiger partial charge in [-0.25, -0.2) is 4.39 Å². The molecule has 0 aliphatic carbocycles. The van der Waals surface area contributed by atoms with Gasteiger partial charge in [0.1, 0.15) is 5.82 Å². The maximum atomic E-state index is 13.2. The van der Waals surface area contributed by atoms with E-state index in [0.29, 0.717) is 24.4 Å². The largest absolute Gasteiger partial charge is 0.383 e. The Morgan fingerprint density at radius 3 is 2.88 bits per heavy atom. The summed E-state index contributed by atoms with van der Waals surface area (Å²) in [7, 11) is 1.59. The molecule has 1 aromatic carbocycles. The van der Waals surface area contributed by atoms with Crippen LogP contribution < -0.4 is 10.6 Å². The number of amides is 1.